The third-order valence-electron chi connectivity index (χ3n) is 6.11. The number of fused-ring (bicyclic) bond motifs is 6. The zero-order valence-electron chi connectivity index (χ0n) is 17.0. The number of carbonyl (C=O) groups excluding carboxylic acids is 1. The zero-order chi connectivity index (χ0) is 20.7. The number of para-hydroxylation sites is 1. The van der Waals surface area contributed by atoms with Gasteiger partial charge in [0.1, 0.15) is 0 Å². The average Bonchev–Trinajstić information content (AvgIpc) is 3.06. The fourth-order valence-electron chi connectivity index (χ4n) is 4.85. The first kappa shape index (κ1) is 19.3. The number of ether oxygens (including phenoxy) is 1. The van der Waals surface area contributed by atoms with Crippen LogP contribution in [0.25, 0.3) is 10.9 Å². The van der Waals surface area contributed by atoms with Gasteiger partial charge in [0.2, 0.25) is 0 Å². The molecule has 1 amide bonds. The Labute approximate surface area is 175 Å². The van der Waals surface area contributed by atoms with Crippen LogP contribution in [-0.2, 0) is 17.8 Å². The van der Waals surface area contributed by atoms with Gasteiger partial charge < -0.3 is 9.30 Å². The zero-order valence-corrected chi connectivity index (χ0v) is 17.0. The van der Waals surface area contributed by atoms with Crippen molar-refractivity contribution in [2.75, 3.05) is 33.6 Å². The number of nitrogens with zero attached hydrogens (tertiary/aromatic N) is 3. The SMILES string of the molecule is CN1COCC2CN(Cc3c2c2ccccc2n3Cc2ccc(C(=O)NO)cc2)C1. The molecule has 0 aliphatic carbocycles. The summed E-state index contributed by atoms with van der Waals surface area (Å²) in [6.45, 7) is 4.93. The van der Waals surface area contributed by atoms with Gasteiger partial charge in [0, 0.05) is 47.7 Å². The van der Waals surface area contributed by atoms with Crippen molar-refractivity contribution >= 4 is 16.8 Å². The van der Waals surface area contributed by atoms with Crippen LogP contribution in [0, 0.1) is 0 Å². The molecule has 2 bridgehead atoms. The summed E-state index contributed by atoms with van der Waals surface area (Å²) < 4.78 is 8.39. The van der Waals surface area contributed by atoms with E-state index in [0.29, 0.717) is 18.2 Å². The highest BCUT2D eigenvalue weighted by Gasteiger charge is 2.32. The summed E-state index contributed by atoms with van der Waals surface area (Å²) >= 11 is 0. The normalized spacial score (nSPS) is 21.7. The lowest BCUT2D eigenvalue weighted by Gasteiger charge is -2.38. The van der Waals surface area contributed by atoms with E-state index in [0.717, 1.165) is 38.5 Å². The number of nitrogens with one attached hydrogen (secondary N) is 1. The molecule has 2 aliphatic rings. The predicted octanol–water partition coefficient (Wildman–Crippen LogP) is 2.58. The summed E-state index contributed by atoms with van der Waals surface area (Å²) in [5.74, 6) is -0.133. The topological polar surface area (TPSA) is 70.0 Å². The fraction of sp³-hybridized carbons (Fsp3) is 0.348. The first-order valence-electron chi connectivity index (χ1n) is 10.3. The molecule has 1 aromatic heterocycles. The predicted molar refractivity (Wildman–Crippen MR) is 113 cm³/mol. The maximum Gasteiger partial charge on any atom is 0.274 e. The molecular formula is C23H26N4O3. The van der Waals surface area contributed by atoms with Crippen molar-refractivity contribution in [3.8, 4) is 0 Å². The lowest BCUT2D eigenvalue weighted by molar-refractivity contribution is -0.0287. The van der Waals surface area contributed by atoms with Crippen molar-refractivity contribution in [1.82, 2.24) is 19.8 Å². The molecule has 1 saturated heterocycles. The molecular weight excluding hydrogens is 380 g/mol. The molecule has 2 N–H and O–H groups in total. The monoisotopic (exact) mass is 406 g/mol. The minimum atomic E-state index is -0.498. The highest BCUT2D eigenvalue weighted by atomic mass is 16.5. The summed E-state index contributed by atoms with van der Waals surface area (Å²) in [6.07, 6.45) is 0. The molecule has 2 unspecified atom stereocenters. The number of hydrogen-bond acceptors (Lipinski definition) is 5. The maximum atomic E-state index is 11.6. The van der Waals surface area contributed by atoms with Crippen LogP contribution >= 0.6 is 0 Å². The lowest BCUT2D eigenvalue weighted by atomic mass is 9.92. The van der Waals surface area contributed by atoms with E-state index in [2.05, 4.69) is 45.7 Å². The molecule has 2 aromatic carbocycles. The number of carbonyl (C=O) groups is 1. The summed E-state index contributed by atoms with van der Waals surface area (Å²) in [7, 11) is 2.09. The van der Waals surface area contributed by atoms with E-state index >= 15 is 0 Å². The van der Waals surface area contributed by atoms with E-state index in [1.165, 1.54) is 22.2 Å². The Bertz CT molecular complexity index is 1080. The van der Waals surface area contributed by atoms with Crippen LogP contribution in [0.15, 0.2) is 48.5 Å². The first-order chi connectivity index (χ1) is 14.6. The lowest BCUT2D eigenvalue weighted by Crippen LogP contribution is -2.45. The molecule has 3 heterocycles. The Morgan fingerprint density at radius 2 is 2.00 bits per heavy atom. The van der Waals surface area contributed by atoms with Crippen LogP contribution in [0.3, 0.4) is 0 Å². The molecule has 7 nitrogen and oxygen atoms in total. The summed E-state index contributed by atoms with van der Waals surface area (Å²) in [4.78, 5) is 16.3. The second kappa shape index (κ2) is 7.85. The van der Waals surface area contributed by atoms with Gasteiger partial charge in [-0.1, -0.05) is 30.3 Å². The molecule has 0 radical (unpaired) electrons. The minimum Gasteiger partial charge on any atom is -0.365 e. The first-order valence-corrected chi connectivity index (χ1v) is 10.3. The minimum absolute atomic E-state index is 0.365. The van der Waals surface area contributed by atoms with Crippen LogP contribution in [0.5, 0.6) is 0 Å². The van der Waals surface area contributed by atoms with Gasteiger partial charge in [0.15, 0.2) is 0 Å². The quantitative estimate of drug-likeness (QED) is 0.517. The summed E-state index contributed by atoms with van der Waals surface area (Å²) in [5, 5.41) is 10.1. The van der Waals surface area contributed by atoms with Gasteiger partial charge >= 0.3 is 0 Å². The van der Waals surface area contributed by atoms with Crippen molar-refractivity contribution in [1.29, 1.82) is 0 Å². The van der Waals surface area contributed by atoms with Gasteiger partial charge in [-0.3, -0.25) is 19.8 Å². The second-order valence-electron chi connectivity index (χ2n) is 8.31. The number of aromatic nitrogens is 1. The molecule has 3 aromatic rings. The second-order valence-corrected chi connectivity index (χ2v) is 8.31. The highest BCUT2D eigenvalue weighted by Crippen LogP contribution is 2.38. The van der Waals surface area contributed by atoms with E-state index < -0.39 is 5.91 Å². The van der Waals surface area contributed by atoms with E-state index in [4.69, 9.17) is 9.94 Å². The Hall–Kier alpha value is -2.71. The molecule has 30 heavy (non-hydrogen) atoms. The standard InChI is InChI=1S/C23H26N4O3/c1-25-14-26-11-18(13-30-15-25)22-19-4-2-3-5-20(19)27(21(22)12-26)10-16-6-8-17(9-7-16)23(28)24-29/h2-9,18,29H,10-15H2,1H3,(H,24,28). The largest absolute Gasteiger partial charge is 0.365 e. The van der Waals surface area contributed by atoms with Crippen LogP contribution in [0.1, 0.15) is 33.1 Å². The molecule has 7 heteroatoms. The Balaban J connectivity index is 1.56. The van der Waals surface area contributed by atoms with E-state index in [9.17, 15) is 4.79 Å². The van der Waals surface area contributed by atoms with Gasteiger partial charge in [-0.2, -0.15) is 0 Å². The smallest absolute Gasteiger partial charge is 0.274 e. The van der Waals surface area contributed by atoms with Crippen LogP contribution in [0.4, 0.5) is 0 Å². The van der Waals surface area contributed by atoms with E-state index in [-0.39, 0.29) is 0 Å². The Kier molecular flexibility index (Phi) is 5.04. The van der Waals surface area contributed by atoms with E-state index in [1.807, 2.05) is 12.1 Å². The summed E-state index contributed by atoms with van der Waals surface area (Å²) in [5.41, 5.74) is 7.24. The van der Waals surface area contributed by atoms with Gasteiger partial charge in [-0.05, 0) is 36.4 Å². The van der Waals surface area contributed by atoms with Gasteiger partial charge in [-0.15, -0.1) is 0 Å². The number of hydrogen-bond donors (Lipinski definition) is 2. The molecule has 0 saturated carbocycles. The number of benzene rings is 2. The fourth-order valence-corrected chi connectivity index (χ4v) is 4.85. The number of amides is 1. The van der Waals surface area contributed by atoms with Crippen molar-refractivity contribution in [3.63, 3.8) is 0 Å². The third-order valence-corrected chi connectivity index (χ3v) is 6.11. The van der Waals surface area contributed by atoms with Crippen molar-refractivity contribution < 1.29 is 14.7 Å². The van der Waals surface area contributed by atoms with Gasteiger partial charge in [-0.25, -0.2) is 5.48 Å². The highest BCUT2D eigenvalue weighted by molar-refractivity contribution is 5.93. The molecule has 156 valence electrons. The Morgan fingerprint density at radius 3 is 2.80 bits per heavy atom. The van der Waals surface area contributed by atoms with E-state index in [1.54, 1.807) is 17.6 Å². The molecule has 5 rings (SSSR count). The van der Waals surface area contributed by atoms with Gasteiger partial charge in [0.25, 0.3) is 5.91 Å². The van der Waals surface area contributed by atoms with Crippen LogP contribution in [0.2, 0.25) is 0 Å². The summed E-state index contributed by atoms with van der Waals surface area (Å²) in [6, 6.07) is 16.0. The molecule has 1 fully saturated rings. The number of rotatable bonds is 3. The van der Waals surface area contributed by atoms with Gasteiger partial charge in [0.05, 0.1) is 20.0 Å². The Morgan fingerprint density at radius 1 is 1.20 bits per heavy atom. The van der Waals surface area contributed by atoms with Crippen molar-refractivity contribution in [2.24, 2.45) is 0 Å². The maximum absolute atomic E-state index is 11.6. The number of hydroxylamine groups is 1. The molecule has 2 aliphatic heterocycles. The molecule has 2 atom stereocenters. The van der Waals surface area contributed by atoms with Crippen LogP contribution < -0.4 is 5.48 Å². The van der Waals surface area contributed by atoms with Crippen LogP contribution in [-0.4, -0.2) is 59.1 Å². The van der Waals surface area contributed by atoms with Crippen molar-refractivity contribution in [3.05, 3.63) is 70.9 Å². The van der Waals surface area contributed by atoms with Crippen molar-refractivity contribution in [2.45, 2.75) is 19.0 Å². The average molecular weight is 406 g/mol. The molecule has 0 spiro atoms. The third kappa shape index (κ3) is 3.40.